The van der Waals surface area contributed by atoms with Crippen molar-refractivity contribution in [2.75, 3.05) is 0 Å². The smallest absolute Gasteiger partial charge is 0.162 e. The van der Waals surface area contributed by atoms with E-state index >= 15 is 0 Å². The Bertz CT molecular complexity index is 860. The molecule has 0 heterocycles. The molecule has 0 aliphatic heterocycles. The Morgan fingerprint density at radius 2 is 1.35 bits per heavy atom. The van der Waals surface area contributed by atoms with E-state index in [1.165, 1.54) is 6.08 Å². The van der Waals surface area contributed by atoms with Crippen LogP contribution in [-0.4, -0.2) is 0 Å². The first-order chi connectivity index (χ1) is 14.8. The second-order valence-corrected chi connectivity index (χ2v) is 9.66. The number of hydrogen-bond donors (Lipinski definition) is 0. The van der Waals surface area contributed by atoms with Crippen LogP contribution in [-0.2, 0) is 0 Å². The van der Waals surface area contributed by atoms with Crippen molar-refractivity contribution in [3.05, 3.63) is 83.3 Å². The first-order valence-electron chi connectivity index (χ1n) is 11.6. The summed E-state index contributed by atoms with van der Waals surface area (Å²) in [6, 6.07) is 3.66. The van der Waals surface area contributed by atoms with Crippen molar-refractivity contribution < 1.29 is 13.2 Å². The highest BCUT2D eigenvalue weighted by atomic mass is 19.2. The Labute approximate surface area is 185 Å². The molecule has 2 aliphatic carbocycles. The SMILES string of the molecule is C=C(C)/C=C(/F)C(=C)/C=C/C1CCC(c2ccc(C3CCC(C)CC3)c(F)c2F)CC1. The van der Waals surface area contributed by atoms with Crippen LogP contribution in [0.15, 0.2) is 60.5 Å². The minimum absolute atomic E-state index is 0.0443. The van der Waals surface area contributed by atoms with Gasteiger partial charge >= 0.3 is 0 Å². The fourth-order valence-corrected chi connectivity index (χ4v) is 5.04. The molecule has 31 heavy (non-hydrogen) atoms. The van der Waals surface area contributed by atoms with Crippen molar-refractivity contribution in [1.29, 1.82) is 0 Å². The molecule has 0 radical (unpaired) electrons. The minimum atomic E-state index is -0.643. The molecular formula is C28H35F3. The molecule has 0 unspecified atom stereocenters. The molecule has 0 amide bonds. The molecule has 0 N–H and O–H groups in total. The lowest BCUT2D eigenvalue weighted by Crippen LogP contribution is -2.16. The maximum Gasteiger partial charge on any atom is 0.162 e. The van der Waals surface area contributed by atoms with Crippen molar-refractivity contribution in [3.8, 4) is 0 Å². The molecule has 2 fully saturated rings. The van der Waals surface area contributed by atoms with Crippen LogP contribution in [0.2, 0.25) is 0 Å². The summed E-state index contributed by atoms with van der Waals surface area (Å²) in [4.78, 5) is 0. The fraction of sp³-hybridized carbons (Fsp3) is 0.500. The van der Waals surface area contributed by atoms with Gasteiger partial charge in [-0.2, -0.15) is 0 Å². The van der Waals surface area contributed by atoms with Gasteiger partial charge in [-0.25, -0.2) is 13.2 Å². The summed E-state index contributed by atoms with van der Waals surface area (Å²) in [5, 5.41) is 0. The van der Waals surface area contributed by atoms with Gasteiger partial charge in [0.15, 0.2) is 11.6 Å². The van der Waals surface area contributed by atoms with Gasteiger partial charge in [0.05, 0.1) is 0 Å². The predicted octanol–water partition coefficient (Wildman–Crippen LogP) is 9.07. The molecular weight excluding hydrogens is 393 g/mol. The van der Waals surface area contributed by atoms with Gasteiger partial charge in [0.1, 0.15) is 5.83 Å². The Kier molecular flexibility index (Phi) is 8.02. The predicted molar refractivity (Wildman–Crippen MR) is 124 cm³/mol. The number of benzene rings is 1. The summed E-state index contributed by atoms with van der Waals surface area (Å²) in [6.07, 6.45) is 12.5. The number of rotatable bonds is 6. The maximum atomic E-state index is 15.0. The highest BCUT2D eigenvalue weighted by molar-refractivity contribution is 5.37. The third kappa shape index (κ3) is 6.02. The van der Waals surface area contributed by atoms with Crippen molar-refractivity contribution >= 4 is 0 Å². The van der Waals surface area contributed by atoms with Crippen LogP contribution in [0.5, 0.6) is 0 Å². The molecule has 0 saturated heterocycles. The second kappa shape index (κ2) is 10.5. The van der Waals surface area contributed by atoms with Gasteiger partial charge < -0.3 is 0 Å². The first-order valence-corrected chi connectivity index (χ1v) is 11.6. The van der Waals surface area contributed by atoms with E-state index in [9.17, 15) is 13.2 Å². The fourth-order valence-electron chi connectivity index (χ4n) is 5.04. The van der Waals surface area contributed by atoms with Crippen molar-refractivity contribution in [2.45, 2.75) is 77.0 Å². The monoisotopic (exact) mass is 428 g/mol. The Balaban J connectivity index is 1.60. The average molecular weight is 429 g/mol. The van der Waals surface area contributed by atoms with Crippen LogP contribution in [0.3, 0.4) is 0 Å². The van der Waals surface area contributed by atoms with Gasteiger partial charge in [0, 0.05) is 5.57 Å². The number of allylic oxidation sites excluding steroid dienone is 6. The minimum Gasteiger partial charge on any atom is -0.206 e. The molecule has 0 spiro atoms. The van der Waals surface area contributed by atoms with E-state index in [-0.39, 0.29) is 17.7 Å². The quantitative estimate of drug-likeness (QED) is 0.396. The number of halogens is 3. The van der Waals surface area contributed by atoms with E-state index in [4.69, 9.17) is 0 Å². The second-order valence-electron chi connectivity index (χ2n) is 9.66. The topological polar surface area (TPSA) is 0 Å². The van der Waals surface area contributed by atoms with Gasteiger partial charge in [0.25, 0.3) is 0 Å². The zero-order valence-electron chi connectivity index (χ0n) is 18.9. The van der Waals surface area contributed by atoms with Crippen LogP contribution in [0.1, 0.15) is 88.2 Å². The van der Waals surface area contributed by atoms with Gasteiger partial charge in [-0.15, -0.1) is 0 Å². The molecule has 1 aromatic carbocycles. The van der Waals surface area contributed by atoms with Crippen LogP contribution in [0.25, 0.3) is 0 Å². The van der Waals surface area contributed by atoms with Crippen LogP contribution < -0.4 is 0 Å². The lowest BCUT2D eigenvalue weighted by molar-refractivity contribution is 0.336. The zero-order valence-corrected chi connectivity index (χ0v) is 18.9. The van der Waals surface area contributed by atoms with E-state index < -0.39 is 11.6 Å². The van der Waals surface area contributed by atoms with Gasteiger partial charge in [0.2, 0.25) is 0 Å². The lowest BCUT2D eigenvalue weighted by atomic mass is 9.76. The molecule has 0 nitrogen and oxygen atoms in total. The van der Waals surface area contributed by atoms with Gasteiger partial charge in [-0.05, 0) is 86.3 Å². The summed E-state index contributed by atoms with van der Waals surface area (Å²) < 4.78 is 43.8. The van der Waals surface area contributed by atoms with Crippen LogP contribution >= 0.6 is 0 Å². The first kappa shape index (κ1) is 23.6. The molecule has 1 aromatic rings. The molecule has 0 atom stereocenters. The third-order valence-electron chi connectivity index (χ3n) is 7.06. The zero-order chi connectivity index (χ0) is 22.5. The van der Waals surface area contributed by atoms with Crippen LogP contribution in [0.4, 0.5) is 13.2 Å². The standard InChI is InChI=1S/C28H35F3/c1-18(2)17-26(29)20(4)7-8-21-9-13-23(14-10-21)25-16-15-24(27(30)28(25)31)22-11-5-19(3)6-12-22/h7-8,15-17,19,21-23H,1,4-6,9-14H2,2-3H3/b8-7+,26-17+. The highest BCUT2D eigenvalue weighted by Crippen LogP contribution is 2.41. The summed E-state index contributed by atoms with van der Waals surface area (Å²) in [6.45, 7) is 11.4. The largest absolute Gasteiger partial charge is 0.206 e. The summed E-state index contributed by atoms with van der Waals surface area (Å²) in [5.74, 6) is -0.463. The summed E-state index contributed by atoms with van der Waals surface area (Å²) >= 11 is 0. The molecule has 3 rings (SSSR count). The molecule has 0 aromatic heterocycles. The Hall–Kier alpha value is -2.03. The third-order valence-corrected chi connectivity index (χ3v) is 7.06. The Morgan fingerprint density at radius 3 is 1.84 bits per heavy atom. The van der Waals surface area contributed by atoms with Crippen molar-refractivity contribution in [3.63, 3.8) is 0 Å². The summed E-state index contributed by atoms with van der Waals surface area (Å²) in [7, 11) is 0. The van der Waals surface area contributed by atoms with E-state index in [1.54, 1.807) is 13.0 Å². The molecule has 2 saturated carbocycles. The molecule has 0 bridgehead atoms. The van der Waals surface area contributed by atoms with Gasteiger partial charge in [-0.1, -0.05) is 62.8 Å². The summed E-state index contributed by atoms with van der Waals surface area (Å²) in [5.41, 5.74) is 2.07. The van der Waals surface area contributed by atoms with Crippen molar-refractivity contribution in [2.24, 2.45) is 11.8 Å². The van der Waals surface area contributed by atoms with Gasteiger partial charge in [-0.3, -0.25) is 0 Å². The number of hydrogen-bond acceptors (Lipinski definition) is 0. The molecule has 168 valence electrons. The molecule has 2 aliphatic rings. The Morgan fingerprint density at radius 1 is 0.871 bits per heavy atom. The van der Waals surface area contributed by atoms with Crippen molar-refractivity contribution in [1.82, 2.24) is 0 Å². The molecule has 3 heteroatoms. The average Bonchev–Trinajstić information content (AvgIpc) is 2.74. The van der Waals surface area contributed by atoms with E-state index in [1.807, 2.05) is 18.2 Å². The maximum absolute atomic E-state index is 15.0. The van der Waals surface area contributed by atoms with Crippen LogP contribution in [0, 0.1) is 23.5 Å². The normalized spacial score (nSPS) is 27.5. The van der Waals surface area contributed by atoms with E-state index in [2.05, 4.69) is 20.1 Å². The van der Waals surface area contributed by atoms with E-state index in [0.717, 1.165) is 51.4 Å². The lowest BCUT2D eigenvalue weighted by Gasteiger charge is -2.29. The highest BCUT2D eigenvalue weighted by Gasteiger charge is 2.28. The van der Waals surface area contributed by atoms with E-state index in [0.29, 0.717) is 34.1 Å².